The zero-order valence-corrected chi connectivity index (χ0v) is 13.6. The molecule has 0 amide bonds. The van der Waals surface area contributed by atoms with Gasteiger partial charge in [-0.1, -0.05) is 12.1 Å². The first kappa shape index (κ1) is 15.3. The molecule has 0 unspecified atom stereocenters. The Balaban J connectivity index is 1.78. The van der Waals surface area contributed by atoms with Crippen LogP contribution < -0.4 is 10.8 Å². The third kappa shape index (κ3) is 2.96. The number of aromatic nitrogens is 4. The standard InChI is InChI=1S/C18H15BFN5/c19-14-11-23-25-17(22-10-12-5-7-21-8-6-12)9-16(24-18(14)25)13-3-1-2-4-15(13)20/h1-9,11,22H,10,19H2. The highest BCUT2D eigenvalue weighted by Gasteiger charge is 2.12. The van der Waals surface area contributed by atoms with Gasteiger partial charge in [0.15, 0.2) is 5.65 Å². The summed E-state index contributed by atoms with van der Waals surface area (Å²) in [6, 6.07) is 12.3. The molecule has 3 heterocycles. The fourth-order valence-corrected chi connectivity index (χ4v) is 2.70. The average molecular weight is 331 g/mol. The second-order valence-corrected chi connectivity index (χ2v) is 5.78. The Hall–Kier alpha value is -3.22. The van der Waals surface area contributed by atoms with Crippen LogP contribution in [0.5, 0.6) is 0 Å². The van der Waals surface area contributed by atoms with Gasteiger partial charge in [0.2, 0.25) is 0 Å². The highest BCUT2D eigenvalue weighted by molar-refractivity contribution is 6.36. The van der Waals surface area contributed by atoms with Crippen molar-refractivity contribution >= 4 is 24.8 Å². The van der Waals surface area contributed by atoms with Gasteiger partial charge < -0.3 is 5.32 Å². The summed E-state index contributed by atoms with van der Waals surface area (Å²) in [6.45, 7) is 0.608. The van der Waals surface area contributed by atoms with E-state index in [9.17, 15) is 4.39 Å². The molecule has 0 spiro atoms. The van der Waals surface area contributed by atoms with Gasteiger partial charge in [0, 0.05) is 36.8 Å². The van der Waals surface area contributed by atoms with Crippen molar-refractivity contribution in [3.63, 3.8) is 0 Å². The van der Waals surface area contributed by atoms with Gasteiger partial charge in [-0.25, -0.2) is 9.37 Å². The number of pyridine rings is 1. The second-order valence-electron chi connectivity index (χ2n) is 5.78. The van der Waals surface area contributed by atoms with E-state index in [0.29, 0.717) is 23.4 Å². The smallest absolute Gasteiger partial charge is 0.151 e. The molecule has 3 aromatic heterocycles. The summed E-state index contributed by atoms with van der Waals surface area (Å²) in [5.41, 5.74) is 3.78. The Morgan fingerprint density at radius 1 is 1.12 bits per heavy atom. The van der Waals surface area contributed by atoms with Crippen molar-refractivity contribution in [2.45, 2.75) is 6.54 Å². The number of halogens is 1. The molecule has 5 nitrogen and oxygen atoms in total. The molecule has 7 heteroatoms. The summed E-state index contributed by atoms with van der Waals surface area (Å²) >= 11 is 0. The van der Waals surface area contributed by atoms with Crippen molar-refractivity contribution in [3.8, 4) is 11.3 Å². The van der Waals surface area contributed by atoms with E-state index < -0.39 is 0 Å². The zero-order chi connectivity index (χ0) is 17.2. The first-order chi connectivity index (χ1) is 12.2. The lowest BCUT2D eigenvalue weighted by Crippen LogP contribution is -2.09. The third-order valence-electron chi connectivity index (χ3n) is 4.02. The quantitative estimate of drug-likeness (QED) is 0.580. The predicted molar refractivity (Wildman–Crippen MR) is 98.1 cm³/mol. The van der Waals surface area contributed by atoms with Crippen LogP contribution in [0.1, 0.15) is 5.56 Å². The maximum absolute atomic E-state index is 14.2. The van der Waals surface area contributed by atoms with E-state index in [0.717, 1.165) is 16.8 Å². The topological polar surface area (TPSA) is 55.1 Å². The SMILES string of the molecule is Bc1cnn2c(NCc3ccncc3)cc(-c3ccccc3F)nc12. The van der Waals surface area contributed by atoms with E-state index in [2.05, 4.69) is 20.4 Å². The lowest BCUT2D eigenvalue weighted by Gasteiger charge is -2.11. The van der Waals surface area contributed by atoms with Crippen molar-refractivity contribution in [3.05, 3.63) is 72.4 Å². The molecule has 0 atom stereocenters. The van der Waals surface area contributed by atoms with Gasteiger partial charge in [-0.05, 0) is 35.3 Å². The summed E-state index contributed by atoms with van der Waals surface area (Å²) < 4.78 is 15.9. The van der Waals surface area contributed by atoms with Crippen LogP contribution in [0.2, 0.25) is 0 Å². The van der Waals surface area contributed by atoms with Crippen molar-refractivity contribution in [2.24, 2.45) is 0 Å². The van der Waals surface area contributed by atoms with Crippen molar-refractivity contribution in [1.29, 1.82) is 0 Å². The molecule has 0 aliphatic carbocycles. The van der Waals surface area contributed by atoms with Crippen LogP contribution in [0.4, 0.5) is 10.2 Å². The first-order valence-corrected chi connectivity index (χ1v) is 7.95. The molecule has 0 saturated carbocycles. The van der Waals surface area contributed by atoms with Crippen LogP contribution in [-0.4, -0.2) is 27.4 Å². The average Bonchev–Trinajstić information content (AvgIpc) is 3.02. The van der Waals surface area contributed by atoms with Gasteiger partial charge in [0.05, 0.1) is 5.69 Å². The number of nitrogens with zero attached hydrogens (tertiary/aromatic N) is 4. The molecular weight excluding hydrogens is 316 g/mol. The van der Waals surface area contributed by atoms with Crippen molar-refractivity contribution in [1.82, 2.24) is 19.6 Å². The molecule has 1 N–H and O–H groups in total. The minimum absolute atomic E-state index is 0.295. The van der Waals surface area contributed by atoms with E-state index in [4.69, 9.17) is 0 Å². The van der Waals surface area contributed by atoms with Gasteiger partial charge in [-0.2, -0.15) is 9.61 Å². The summed E-state index contributed by atoms with van der Waals surface area (Å²) in [4.78, 5) is 8.61. The van der Waals surface area contributed by atoms with Gasteiger partial charge in [-0.15, -0.1) is 0 Å². The lowest BCUT2D eigenvalue weighted by molar-refractivity contribution is 0.630. The van der Waals surface area contributed by atoms with E-state index in [-0.39, 0.29) is 5.82 Å². The Morgan fingerprint density at radius 3 is 2.72 bits per heavy atom. The molecule has 0 saturated heterocycles. The van der Waals surface area contributed by atoms with Crippen LogP contribution in [0.15, 0.2) is 61.1 Å². The van der Waals surface area contributed by atoms with Crippen LogP contribution >= 0.6 is 0 Å². The van der Waals surface area contributed by atoms with Crippen molar-refractivity contribution in [2.75, 3.05) is 5.32 Å². The number of hydrogen-bond donors (Lipinski definition) is 1. The molecule has 0 bridgehead atoms. The van der Waals surface area contributed by atoms with E-state index in [1.54, 1.807) is 41.3 Å². The predicted octanol–water partition coefficient (Wildman–Crippen LogP) is 1.80. The Bertz CT molecular complexity index is 1030. The first-order valence-electron chi connectivity index (χ1n) is 7.95. The van der Waals surface area contributed by atoms with Crippen LogP contribution in [0.3, 0.4) is 0 Å². The summed E-state index contributed by atoms with van der Waals surface area (Å²) in [5, 5.41) is 7.73. The normalized spacial score (nSPS) is 10.9. The maximum atomic E-state index is 14.2. The molecule has 4 rings (SSSR count). The number of rotatable bonds is 4. The van der Waals surface area contributed by atoms with Crippen LogP contribution in [0, 0.1) is 5.82 Å². The number of nitrogens with one attached hydrogen (secondary N) is 1. The Morgan fingerprint density at radius 2 is 1.92 bits per heavy atom. The van der Waals surface area contributed by atoms with Crippen LogP contribution in [-0.2, 0) is 6.54 Å². The van der Waals surface area contributed by atoms with Gasteiger partial charge >= 0.3 is 0 Å². The van der Waals surface area contributed by atoms with E-state index in [1.165, 1.54) is 6.07 Å². The number of benzene rings is 1. The minimum Gasteiger partial charge on any atom is -0.366 e. The van der Waals surface area contributed by atoms with Crippen LogP contribution in [0.25, 0.3) is 16.9 Å². The number of fused-ring (bicyclic) bond motifs is 1. The molecule has 0 fully saturated rings. The largest absolute Gasteiger partial charge is 0.366 e. The maximum Gasteiger partial charge on any atom is 0.151 e. The van der Waals surface area contributed by atoms with Crippen molar-refractivity contribution < 1.29 is 4.39 Å². The molecular formula is C18H15BFN5. The second kappa shape index (κ2) is 6.35. The van der Waals surface area contributed by atoms with Gasteiger partial charge in [-0.3, -0.25) is 4.98 Å². The third-order valence-corrected chi connectivity index (χ3v) is 4.02. The fraction of sp³-hybridized carbons (Fsp3) is 0.0556. The molecule has 4 aromatic rings. The highest BCUT2D eigenvalue weighted by atomic mass is 19.1. The molecule has 0 radical (unpaired) electrons. The van der Waals surface area contributed by atoms with Gasteiger partial charge in [0.25, 0.3) is 0 Å². The molecule has 122 valence electrons. The monoisotopic (exact) mass is 331 g/mol. The Kier molecular flexibility index (Phi) is 3.89. The molecule has 25 heavy (non-hydrogen) atoms. The minimum atomic E-state index is -0.295. The number of anilines is 1. The number of hydrogen-bond acceptors (Lipinski definition) is 4. The van der Waals surface area contributed by atoms with E-state index >= 15 is 0 Å². The summed E-state index contributed by atoms with van der Waals surface area (Å²) in [7, 11) is 1.94. The lowest BCUT2D eigenvalue weighted by atomic mass is 10.0. The molecule has 0 aliphatic heterocycles. The van der Waals surface area contributed by atoms with E-state index in [1.807, 2.05) is 26.0 Å². The molecule has 0 aliphatic rings. The van der Waals surface area contributed by atoms with Gasteiger partial charge in [0.1, 0.15) is 19.5 Å². The summed E-state index contributed by atoms with van der Waals surface area (Å²) in [6.07, 6.45) is 5.26. The molecule has 1 aromatic carbocycles. The fourth-order valence-electron chi connectivity index (χ4n) is 2.70. The summed E-state index contributed by atoms with van der Waals surface area (Å²) in [5.74, 6) is 0.463. The Labute approximate surface area is 145 Å². The zero-order valence-electron chi connectivity index (χ0n) is 13.6. The highest BCUT2D eigenvalue weighted by Crippen LogP contribution is 2.24.